The topological polar surface area (TPSA) is 29.5 Å². The van der Waals surface area contributed by atoms with Crippen LogP contribution >= 0.6 is 0 Å². The van der Waals surface area contributed by atoms with Gasteiger partial charge < -0.3 is 4.74 Å². The second-order valence-electron chi connectivity index (χ2n) is 4.99. The molecule has 0 spiro atoms. The number of Topliss-reactive ketones (excluding diaryl/α,β-unsaturated/α-hetero) is 1. The van der Waals surface area contributed by atoms with E-state index in [0.717, 1.165) is 37.2 Å². The predicted molar refractivity (Wildman–Crippen MR) is 65.0 cm³/mol. The minimum absolute atomic E-state index is 0.154. The number of ether oxygens (including phenoxy) is 1. The average Bonchev–Trinajstić information content (AvgIpc) is 2.91. The fourth-order valence-electron chi connectivity index (χ4n) is 2.89. The summed E-state index contributed by atoms with van der Waals surface area (Å²) in [6.07, 6.45) is 1.58. The van der Waals surface area contributed by atoms with Crippen LogP contribution in [0, 0.1) is 0 Å². The van der Waals surface area contributed by atoms with Crippen LogP contribution in [0.3, 0.4) is 0 Å². The first-order valence-corrected chi connectivity index (χ1v) is 6.18. The van der Waals surface area contributed by atoms with Crippen molar-refractivity contribution in [2.24, 2.45) is 0 Å². The van der Waals surface area contributed by atoms with Crippen LogP contribution < -0.4 is 0 Å². The molecule has 1 aromatic rings. The SMILES string of the molecule is CC(=O)c1ccccc1CN1CC2CC1CO2. The third-order valence-electron chi connectivity index (χ3n) is 3.78. The van der Waals surface area contributed by atoms with Gasteiger partial charge in [-0.15, -0.1) is 0 Å². The van der Waals surface area contributed by atoms with Crippen molar-refractivity contribution in [1.29, 1.82) is 0 Å². The van der Waals surface area contributed by atoms with Crippen LogP contribution in [0.15, 0.2) is 24.3 Å². The summed E-state index contributed by atoms with van der Waals surface area (Å²) in [5, 5.41) is 0. The summed E-state index contributed by atoms with van der Waals surface area (Å²) in [5.74, 6) is 0.154. The maximum Gasteiger partial charge on any atom is 0.160 e. The number of ketones is 1. The lowest BCUT2D eigenvalue weighted by Gasteiger charge is -2.27. The highest BCUT2D eigenvalue weighted by atomic mass is 16.5. The Balaban J connectivity index is 1.79. The normalized spacial score (nSPS) is 27.6. The van der Waals surface area contributed by atoms with Gasteiger partial charge in [-0.25, -0.2) is 0 Å². The Morgan fingerprint density at radius 1 is 1.47 bits per heavy atom. The molecule has 0 N–H and O–H groups in total. The van der Waals surface area contributed by atoms with E-state index in [1.165, 1.54) is 0 Å². The molecular formula is C14H17NO2. The van der Waals surface area contributed by atoms with Crippen molar-refractivity contribution in [3.8, 4) is 0 Å². The molecule has 1 aromatic carbocycles. The van der Waals surface area contributed by atoms with Gasteiger partial charge in [0.25, 0.3) is 0 Å². The number of hydrogen-bond acceptors (Lipinski definition) is 3. The molecule has 3 rings (SSSR count). The molecule has 2 unspecified atom stereocenters. The van der Waals surface area contributed by atoms with E-state index >= 15 is 0 Å². The molecule has 2 heterocycles. The first kappa shape index (κ1) is 10.9. The molecule has 3 heteroatoms. The van der Waals surface area contributed by atoms with Gasteiger partial charge in [-0.2, -0.15) is 0 Å². The van der Waals surface area contributed by atoms with E-state index in [0.29, 0.717) is 12.1 Å². The quantitative estimate of drug-likeness (QED) is 0.744. The van der Waals surface area contributed by atoms with E-state index in [9.17, 15) is 4.79 Å². The van der Waals surface area contributed by atoms with E-state index in [1.54, 1.807) is 6.92 Å². The molecule has 0 aliphatic carbocycles. The minimum Gasteiger partial charge on any atom is -0.375 e. The van der Waals surface area contributed by atoms with Gasteiger partial charge in [0.15, 0.2) is 5.78 Å². The third-order valence-corrected chi connectivity index (χ3v) is 3.78. The highest BCUT2D eigenvalue weighted by Gasteiger charge is 2.38. The van der Waals surface area contributed by atoms with E-state index < -0.39 is 0 Å². The van der Waals surface area contributed by atoms with Gasteiger partial charge in [-0.1, -0.05) is 24.3 Å². The zero-order valence-corrected chi connectivity index (χ0v) is 10.1. The van der Waals surface area contributed by atoms with Crippen molar-refractivity contribution in [3.63, 3.8) is 0 Å². The largest absolute Gasteiger partial charge is 0.375 e. The summed E-state index contributed by atoms with van der Waals surface area (Å²) < 4.78 is 5.59. The number of hydrogen-bond donors (Lipinski definition) is 0. The lowest BCUT2D eigenvalue weighted by molar-refractivity contribution is 0.0272. The number of fused-ring (bicyclic) bond motifs is 2. The Labute approximate surface area is 101 Å². The van der Waals surface area contributed by atoms with Crippen molar-refractivity contribution in [3.05, 3.63) is 35.4 Å². The van der Waals surface area contributed by atoms with Gasteiger partial charge in [0.05, 0.1) is 12.7 Å². The molecule has 2 saturated heterocycles. The highest BCUT2D eigenvalue weighted by molar-refractivity contribution is 5.95. The summed E-state index contributed by atoms with van der Waals surface area (Å²) in [6.45, 7) is 4.38. The van der Waals surface area contributed by atoms with Crippen molar-refractivity contribution in [1.82, 2.24) is 4.90 Å². The van der Waals surface area contributed by atoms with Crippen LogP contribution in [0.5, 0.6) is 0 Å². The van der Waals surface area contributed by atoms with Gasteiger partial charge in [0, 0.05) is 24.7 Å². The summed E-state index contributed by atoms with van der Waals surface area (Å²) in [6, 6.07) is 8.47. The smallest absolute Gasteiger partial charge is 0.160 e. The molecule has 2 aliphatic rings. The van der Waals surface area contributed by atoms with Crippen LogP contribution in [0.25, 0.3) is 0 Å². The Hall–Kier alpha value is -1.19. The van der Waals surface area contributed by atoms with Crippen LogP contribution in [0.2, 0.25) is 0 Å². The highest BCUT2D eigenvalue weighted by Crippen LogP contribution is 2.29. The lowest BCUT2D eigenvalue weighted by atomic mass is 10.0. The summed E-state index contributed by atoms with van der Waals surface area (Å²) in [4.78, 5) is 14.0. The Morgan fingerprint density at radius 2 is 2.29 bits per heavy atom. The lowest BCUT2D eigenvalue weighted by Crippen LogP contribution is -2.36. The van der Waals surface area contributed by atoms with Gasteiger partial charge in [0.2, 0.25) is 0 Å². The standard InChI is InChI=1S/C14H17NO2/c1-10(16)14-5-3-2-4-11(14)7-15-8-13-6-12(15)9-17-13/h2-5,12-13H,6-9H2,1H3. The summed E-state index contributed by atoms with van der Waals surface area (Å²) in [5.41, 5.74) is 2.00. The fraction of sp³-hybridized carbons (Fsp3) is 0.500. The maximum absolute atomic E-state index is 11.6. The number of morpholine rings is 1. The maximum atomic E-state index is 11.6. The fourth-order valence-corrected chi connectivity index (χ4v) is 2.89. The third kappa shape index (κ3) is 2.01. The van der Waals surface area contributed by atoms with E-state index in [1.807, 2.05) is 18.2 Å². The molecule has 90 valence electrons. The molecule has 0 saturated carbocycles. The molecule has 0 aromatic heterocycles. The zero-order valence-electron chi connectivity index (χ0n) is 10.1. The molecule has 2 atom stereocenters. The molecule has 2 bridgehead atoms. The van der Waals surface area contributed by atoms with Crippen molar-refractivity contribution < 1.29 is 9.53 Å². The molecule has 0 amide bonds. The van der Waals surface area contributed by atoms with Gasteiger partial charge in [-0.3, -0.25) is 9.69 Å². The molecular weight excluding hydrogens is 214 g/mol. The summed E-state index contributed by atoms with van der Waals surface area (Å²) >= 11 is 0. The van der Waals surface area contributed by atoms with E-state index in [2.05, 4.69) is 11.0 Å². The second kappa shape index (κ2) is 4.24. The Bertz CT molecular complexity index is 444. The molecule has 0 radical (unpaired) electrons. The van der Waals surface area contributed by atoms with Crippen LogP contribution in [-0.2, 0) is 11.3 Å². The average molecular weight is 231 g/mol. The molecule has 3 nitrogen and oxygen atoms in total. The van der Waals surface area contributed by atoms with Crippen molar-refractivity contribution >= 4 is 5.78 Å². The summed E-state index contributed by atoms with van der Waals surface area (Å²) in [7, 11) is 0. The predicted octanol–water partition coefficient (Wildman–Crippen LogP) is 1.86. The molecule has 2 fully saturated rings. The number of benzene rings is 1. The van der Waals surface area contributed by atoms with Crippen molar-refractivity contribution in [2.45, 2.75) is 32.0 Å². The Morgan fingerprint density at radius 3 is 2.94 bits per heavy atom. The van der Waals surface area contributed by atoms with E-state index in [4.69, 9.17) is 4.74 Å². The van der Waals surface area contributed by atoms with Gasteiger partial charge in [0.1, 0.15) is 0 Å². The van der Waals surface area contributed by atoms with Crippen molar-refractivity contribution in [2.75, 3.05) is 13.2 Å². The molecule has 2 aliphatic heterocycles. The first-order valence-electron chi connectivity index (χ1n) is 6.18. The van der Waals surface area contributed by atoms with Crippen LogP contribution in [0.1, 0.15) is 29.3 Å². The first-order chi connectivity index (χ1) is 8.24. The number of carbonyl (C=O) groups excluding carboxylic acids is 1. The number of carbonyl (C=O) groups is 1. The monoisotopic (exact) mass is 231 g/mol. The Kier molecular flexibility index (Phi) is 2.73. The van der Waals surface area contributed by atoms with Crippen LogP contribution in [-0.4, -0.2) is 36.0 Å². The molecule has 17 heavy (non-hydrogen) atoms. The number of rotatable bonds is 3. The van der Waals surface area contributed by atoms with Gasteiger partial charge >= 0.3 is 0 Å². The number of nitrogens with zero attached hydrogens (tertiary/aromatic N) is 1. The zero-order chi connectivity index (χ0) is 11.8. The van der Waals surface area contributed by atoms with Crippen LogP contribution in [0.4, 0.5) is 0 Å². The minimum atomic E-state index is 0.154. The second-order valence-corrected chi connectivity index (χ2v) is 4.99. The van der Waals surface area contributed by atoms with Gasteiger partial charge in [-0.05, 0) is 18.9 Å². The van der Waals surface area contributed by atoms with E-state index in [-0.39, 0.29) is 5.78 Å². The number of likely N-dealkylation sites (tertiary alicyclic amines) is 1.